The summed E-state index contributed by atoms with van der Waals surface area (Å²) in [5.74, 6) is -0.157. The summed E-state index contributed by atoms with van der Waals surface area (Å²) in [5, 5.41) is 6.64. The van der Waals surface area contributed by atoms with E-state index < -0.39 is 5.82 Å². The minimum Gasteiger partial charge on any atom is -0.356 e. The van der Waals surface area contributed by atoms with Crippen LogP contribution in [0.15, 0.2) is 23.0 Å². The Hall–Kier alpha value is -3.16. The van der Waals surface area contributed by atoms with Crippen LogP contribution in [-0.4, -0.2) is 26.0 Å². The largest absolute Gasteiger partial charge is 0.356 e. The number of carbonyl (C=O) groups is 1. The first-order valence-electron chi connectivity index (χ1n) is 10.4. The van der Waals surface area contributed by atoms with Gasteiger partial charge in [0.25, 0.3) is 11.5 Å². The number of aromatic nitrogens is 3. The van der Waals surface area contributed by atoms with E-state index in [0.29, 0.717) is 28.1 Å². The number of fused-ring (bicyclic) bond motifs is 2. The second-order valence-electron chi connectivity index (χ2n) is 9.05. The van der Waals surface area contributed by atoms with Crippen molar-refractivity contribution in [2.75, 3.05) is 5.32 Å². The smallest absolute Gasteiger partial charge is 0.263 e. The molecule has 1 atom stereocenters. The predicted octanol–water partition coefficient (Wildman–Crippen LogP) is 3.63. The van der Waals surface area contributed by atoms with Crippen molar-refractivity contribution in [1.29, 1.82) is 0 Å². The van der Waals surface area contributed by atoms with E-state index in [0.717, 1.165) is 31.4 Å². The van der Waals surface area contributed by atoms with E-state index in [1.54, 1.807) is 10.6 Å². The number of rotatable bonds is 4. The Morgan fingerprint density at radius 1 is 1.27 bits per heavy atom. The highest BCUT2D eigenvalue weighted by Gasteiger charge is 2.40. The Morgan fingerprint density at radius 2 is 2.03 bits per heavy atom. The molecule has 3 aromatic rings. The molecule has 2 aromatic heterocycles. The highest BCUT2D eigenvalue weighted by molar-refractivity contribution is 6.01. The number of H-pyrrole nitrogens is 1. The van der Waals surface area contributed by atoms with Crippen molar-refractivity contribution in [2.45, 2.75) is 57.2 Å². The Morgan fingerprint density at radius 3 is 2.70 bits per heavy atom. The van der Waals surface area contributed by atoms with Crippen molar-refractivity contribution in [3.05, 3.63) is 45.6 Å². The van der Waals surface area contributed by atoms with Crippen LogP contribution < -0.4 is 16.2 Å². The zero-order valence-corrected chi connectivity index (χ0v) is 16.8. The van der Waals surface area contributed by atoms with Gasteiger partial charge < -0.3 is 15.6 Å². The standard InChI is InChI=1S/C22H22FN5O2/c1-10-17-13(19(29)24-10)9-15(25-17)16-14(23)6-5-12-18(16)26-21(27-22(2)7-8-22)28(20(12)30)11-3-4-11/h5-6,9-11,25H,3-4,7-8H2,1-2H3,(H,24,29)(H,26,27). The van der Waals surface area contributed by atoms with Crippen LogP contribution in [0.4, 0.5) is 10.3 Å². The lowest BCUT2D eigenvalue weighted by atomic mass is 10.1. The van der Waals surface area contributed by atoms with Gasteiger partial charge in [-0.2, -0.15) is 0 Å². The number of hydrogen-bond acceptors (Lipinski definition) is 4. The van der Waals surface area contributed by atoms with Gasteiger partial charge in [0.1, 0.15) is 5.82 Å². The molecular formula is C22H22FN5O2. The third-order valence-corrected chi connectivity index (χ3v) is 6.49. The van der Waals surface area contributed by atoms with Crippen molar-refractivity contribution < 1.29 is 9.18 Å². The van der Waals surface area contributed by atoms with Gasteiger partial charge in [-0.05, 0) is 57.7 Å². The molecule has 0 saturated heterocycles. The van der Waals surface area contributed by atoms with E-state index in [9.17, 15) is 9.59 Å². The van der Waals surface area contributed by atoms with Crippen LogP contribution in [0.25, 0.3) is 22.2 Å². The van der Waals surface area contributed by atoms with Gasteiger partial charge in [-0.1, -0.05) is 0 Å². The zero-order valence-electron chi connectivity index (χ0n) is 16.8. The minimum absolute atomic E-state index is 0.0711. The van der Waals surface area contributed by atoms with Crippen LogP contribution in [0.2, 0.25) is 0 Å². The van der Waals surface area contributed by atoms with Crippen LogP contribution in [0.5, 0.6) is 0 Å². The van der Waals surface area contributed by atoms with Crippen LogP contribution in [-0.2, 0) is 0 Å². The number of anilines is 1. The molecule has 6 rings (SSSR count). The van der Waals surface area contributed by atoms with E-state index in [1.807, 2.05) is 6.92 Å². The van der Waals surface area contributed by atoms with Gasteiger partial charge in [0, 0.05) is 11.6 Å². The number of amides is 1. The summed E-state index contributed by atoms with van der Waals surface area (Å²) in [6.07, 6.45) is 3.92. The van der Waals surface area contributed by atoms with Gasteiger partial charge in [0.2, 0.25) is 5.95 Å². The number of nitrogens with one attached hydrogen (secondary N) is 3. The molecule has 2 fully saturated rings. The van der Waals surface area contributed by atoms with Gasteiger partial charge in [-0.15, -0.1) is 0 Å². The lowest BCUT2D eigenvalue weighted by molar-refractivity contribution is 0.0958. The normalized spacial score (nSPS) is 21.6. The van der Waals surface area contributed by atoms with Gasteiger partial charge in [-0.3, -0.25) is 14.2 Å². The molecule has 1 amide bonds. The summed E-state index contributed by atoms with van der Waals surface area (Å²) in [7, 11) is 0. The molecule has 0 bridgehead atoms. The summed E-state index contributed by atoms with van der Waals surface area (Å²) < 4.78 is 16.8. The molecule has 154 valence electrons. The Balaban J connectivity index is 1.60. The topological polar surface area (TPSA) is 91.8 Å². The summed E-state index contributed by atoms with van der Waals surface area (Å²) in [5.41, 5.74) is 2.01. The zero-order chi connectivity index (χ0) is 20.8. The fourth-order valence-corrected chi connectivity index (χ4v) is 4.32. The second-order valence-corrected chi connectivity index (χ2v) is 9.05. The number of halogens is 1. The summed E-state index contributed by atoms with van der Waals surface area (Å²) >= 11 is 0. The lowest BCUT2D eigenvalue weighted by Gasteiger charge is -2.19. The SMILES string of the molecule is CC1NC(=O)c2cc(-c3c(F)ccc4c(=O)n(C5CC5)c(NC5(C)CC5)nc34)[nH]c21. The second kappa shape index (κ2) is 5.71. The summed E-state index contributed by atoms with van der Waals surface area (Å²) in [4.78, 5) is 33.5. The fourth-order valence-electron chi connectivity index (χ4n) is 4.32. The first-order chi connectivity index (χ1) is 14.3. The number of carbonyl (C=O) groups excluding carboxylic acids is 1. The van der Waals surface area contributed by atoms with E-state index in [4.69, 9.17) is 4.98 Å². The molecule has 0 spiro atoms. The van der Waals surface area contributed by atoms with E-state index in [-0.39, 0.29) is 34.7 Å². The van der Waals surface area contributed by atoms with Crippen molar-refractivity contribution >= 4 is 22.8 Å². The Labute approximate surface area is 171 Å². The summed E-state index contributed by atoms with van der Waals surface area (Å²) in [6.45, 7) is 3.97. The summed E-state index contributed by atoms with van der Waals surface area (Å²) in [6, 6.07) is 4.44. The van der Waals surface area contributed by atoms with Crippen LogP contribution in [0, 0.1) is 5.82 Å². The highest BCUT2D eigenvalue weighted by Crippen LogP contribution is 2.42. The molecule has 2 saturated carbocycles. The van der Waals surface area contributed by atoms with Gasteiger partial charge in [0.05, 0.1) is 39.5 Å². The molecule has 3 N–H and O–H groups in total. The molecule has 0 radical (unpaired) electrons. The maximum atomic E-state index is 15.1. The first-order valence-corrected chi connectivity index (χ1v) is 10.4. The molecule has 1 aliphatic heterocycles. The lowest BCUT2D eigenvalue weighted by Crippen LogP contribution is -2.28. The van der Waals surface area contributed by atoms with Gasteiger partial charge in [-0.25, -0.2) is 9.37 Å². The highest BCUT2D eigenvalue weighted by atomic mass is 19.1. The van der Waals surface area contributed by atoms with Crippen molar-refractivity contribution in [3.63, 3.8) is 0 Å². The average molecular weight is 407 g/mol. The predicted molar refractivity (Wildman–Crippen MR) is 111 cm³/mol. The van der Waals surface area contributed by atoms with E-state index in [2.05, 4.69) is 22.5 Å². The van der Waals surface area contributed by atoms with E-state index in [1.165, 1.54) is 12.1 Å². The van der Waals surface area contributed by atoms with Crippen LogP contribution in [0.1, 0.15) is 67.7 Å². The maximum Gasteiger partial charge on any atom is 0.263 e. The molecule has 7 nitrogen and oxygen atoms in total. The van der Waals surface area contributed by atoms with Crippen molar-refractivity contribution in [1.82, 2.24) is 19.9 Å². The average Bonchev–Trinajstić information content (AvgIpc) is 3.58. The number of aromatic amines is 1. The third-order valence-electron chi connectivity index (χ3n) is 6.49. The molecule has 8 heteroatoms. The molecule has 1 aromatic carbocycles. The van der Waals surface area contributed by atoms with Gasteiger partial charge >= 0.3 is 0 Å². The maximum absolute atomic E-state index is 15.1. The Bertz CT molecular complexity index is 1300. The number of benzene rings is 1. The molecule has 3 aliphatic rings. The van der Waals surface area contributed by atoms with Crippen molar-refractivity contribution in [3.8, 4) is 11.3 Å². The number of hydrogen-bond donors (Lipinski definition) is 3. The van der Waals surface area contributed by atoms with Crippen LogP contribution >= 0.6 is 0 Å². The van der Waals surface area contributed by atoms with Crippen molar-refractivity contribution in [2.24, 2.45) is 0 Å². The van der Waals surface area contributed by atoms with Crippen LogP contribution in [0.3, 0.4) is 0 Å². The number of nitrogens with zero attached hydrogens (tertiary/aromatic N) is 2. The monoisotopic (exact) mass is 407 g/mol. The fraction of sp³-hybridized carbons (Fsp3) is 0.409. The first kappa shape index (κ1) is 17.7. The molecular weight excluding hydrogens is 385 g/mol. The van der Waals surface area contributed by atoms with Gasteiger partial charge in [0.15, 0.2) is 0 Å². The molecule has 1 unspecified atom stereocenters. The molecule has 30 heavy (non-hydrogen) atoms. The molecule has 2 aliphatic carbocycles. The quantitative estimate of drug-likeness (QED) is 0.616. The minimum atomic E-state index is -0.477. The van der Waals surface area contributed by atoms with E-state index >= 15 is 4.39 Å². The third kappa shape index (κ3) is 2.52. The Kier molecular flexibility index (Phi) is 3.36. The molecule has 3 heterocycles.